The summed E-state index contributed by atoms with van der Waals surface area (Å²) in [6, 6.07) is 16.9. The third kappa shape index (κ3) is 3.26. The van der Waals surface area contributed by atoms with Gasteiger partial charge in [-0.25, -0.2) is 0 Å². The topological polar surface area (TPSA) is 30.0 Å². The van der Waals surface area contributed by atoms with E-state index in [1.54, 1.807) is 6.20 Å². The van der Waals surface area contributed by atoms with Crippen molar-refractivity contribution in [1.82, 2.24) is 4.98 Å². The predicted octanol–water partition coefficient (Wildman–Crippen LogP) is 4.86. The van der Waals surface area contributed by atoms with E-state index >= 15 is 0 Å². The molecule has 2 aromatic carbocycles. The highest BCUT2D eigenvalue weighted by atomic mass is 35.5. The molecule has 21 heavy (non-hydrogen) atoms. The molecule has 0 bridgehead atoms. The zero-order valence-electron chi connectivity index (χ0n) is 11.1. The molecule has 2 nitrogen and oxygen atoms in total. The lowest BCUT2D eigenvalue weighted by atomic mass is 10.2. The number of benzene rings is 2. The molecule has 1 aromatic heterocycles. The normalized spacial score (nSPS) is 10.7. The SMILES string of the molecule is O=C(CSc1ccnc2cc(Cl)ccc12)c1ccccc1. The number of nitrogens with zero attached hydrogens (tertiary/aromatic N) is 1. The minimum absolute atomic E-state index is 0.125. The van der Waals surface area contributed by atoms with Gasteiger partial charge in [0.25, 0.3) is 0 Å². The Morgan fingerprint density at radius 3 is 2.71 bits per heavy atom. The summed E-state index contributed by atoms with van der Waals surface area (Å²) in [7, 11) is 0. The smallest absolute Gasteiger partial charge is 0.173 e. The van der Waals surface area contributed by atoms with Crippen LogP contribution in [-0.4, -0.2) is 16.5 Å². The number of fused-ring (bicyclic) bond motifs is 1. The number of aromatic nitrogens is 1. The summed E-state index contributed by atoms with van der Waals surface area (Å²) in [5.41, 5.74) is 1.59. The number of Topliss-reactive ketones (excluding diaryl/α,β-unsaturated/α-hetero) is 1. The van der Waals surface area contributed by atoms with Crippen molar-refractivity contribution in [3.63, 3.8) is 0 Å². The number of carbonyl (C=O) groups is 1. The summed E-state index contributed by atoms with van der Waals surface area (Å²) < 4.78 is 0. The monoisotopic (exact) mass is 313 g/mol. The number of thioether (sulfide) groups is 1. The lowest BCUT2D eigenvalue weighted by Crippen LogP contribution is -2.01. The zero-order chi connectivity index (χ0) is 14.7. The van der Waals surface area contributed by atoms with Gasteiger partial charge in [-0.15, -0.1) is 11.8 Å². The Morgan fingerprint density at radius 2 is 1.90 bits per heavy atom. The minimum Gasteiger partial charge on any atom is -0.293 e. The van der Waals surface area contributed by atoms with E-state index < -0.39 is 0 Å². The molecule has 0 fully saturated rings. The highest BCUT2D eigenvalue weighted by Crippen LogP contribution is 2.28. The van der Waals surface area contributed by atoms with Gasteiger partial charge < -0.3 is 0 Å². The molecule has 0 saturated carbocycles. The molecule has 3 rings (SSSR count). The van der Waals surface area contributed by atoms with Crippen LogP contribution in [0.5, 0.6) is 0 Å². The van der Waals surface area contributed by atoms with Gasteiger partial charge in [0.1, 0.15) is 0 Å². The molecule has 0 spiro atoms. The predicted molar refractivity (Wildman–Crippen MR) is 88.2 cm³/mol. The fourth-order valence-electron chi connectivity index (χ4n) is 2.07. The lowest BCUT2D eigenvalue weighted by molar-refractivity contribution is 0.102. The molecular formula is C17H12ClNOS. The van der Waals surface area contributed by atoms with E-state index in [1.165, 1.54) is 11.8 Å². The number of carbonyl (C=O) groups excluding carboxylic acids is 1. The van der Waals surface area contributed by atoms with E-state index in [9.17, 15) is 4.79 Å². The molecule has 0 unspecified atom stereocenters. The summed E-state index contributed by atoms with van der Waals surface area (Å²) >= 11 is 7.50. The van der Waals surface area contributed by atoms with Gasteiger partial charge in [0.2, 0.25) is 0 Å². The second-order valence-corrected chi connectivity index (χ2v) is 6.00. The minimum atomic E-state index is 0.125. The maximum atomic E-state index is 12.2. The quantitative estimate of drug-likeness (QED) is 0.509. The molecule has 0 aliphatic carbocycles. The van der Waals surface area contributed by atoms with Crippen molar-refractivity contribution < 1.29 is 4.79 Å². The van der Waals surface area contributed by atoms with Crippen LogP contribution in [0, 0.1) is 0 Å². The van der Waals surface area contributed by atoms with Gasteiger partial charge in [0, 0.05) is 27.1 Å². The van der Waals surface area contributed by atoms with Crippen LogP contribution in [0.3, 0.4) is 0 Å². The van der Waals surface area contributed by atoms with E-state index in [1.807, 2.05) is 54.6 Å². The van der Waals surface area contributed by atoms with Crippen LogP contribution >= 0.6 is 23.4 Å². The third-order valence-electron chi connectivity index (χ3n) is 3.12. The molecule has 0 amide bonds. The molecule has 3 aromatic rings. The number of hydrogen-bond acceptors (Lipinski definition) is 3. The fourth-order valence-corrected chi connectivity index (χ4v) is 3.18. The maximum absolute atomic E-state index is 12.2. The number of hydrogen-bond donors (Lipinski definition) is 0. The molecule has 0 radical (unpaired) electrons. The number of pyridine rings is 1. The van der Waals surface area contributed by atoms with Crippen molar-refractivity contribution in [3.05, 3.63) is 71.4 Å². The average molecular weight is 314 g/mol. The summed E-state index contributed by atoms with van der Waals surface area (Å²) in [6.07, 6.45) is 1.74. The Kier molecular flexibility index (Phi) is 4.23. The van der Waals surface area contributed by atoms with Crippen LogP contribution in [-0.2, 0) is 0 Å². The van der Waals surface area contributed by atoms with Gasteiger partial charge >= 0.3 is 0 Å². The van der Waals surface area contributed by atoms with Crippen molar-refractivity contribution in [2.24, 2.45) is 0 Å². The van der Waals surface area contributed by atoms with Crippen LogP contribution in [0.4, 0.5) is 0 Å². The van der Waals surface area contributed by atoms with Gasteiger partial charge in [-0.1, -0.05) is 48.0 Å². The molecule has 0 aliphatic heterocycles. The molecule has 0 atom stereocenters. The van der Waals surface area contributed by atoms with E-state index in [2.05, 4.69) is 4.98 Å². The highest BCUT2D eigenvalue weighted by molar-refractivity contribution is 8.00. The number of halogens is 1. The van der Waals surface area contributed by atoms with Gasteiger partial charge in [-0.2, -0.15) is 0 Å². The second kappa shape index (κ2) is 6.29. The first-order valence-electron chi connectivity index (χ1n) is 6.49. The molecule has 104 valence electrons. The first-order chi connectivity index (χ1) is 10.2. The van der Waals surface area contributed by atoms with Crippen molar-refractivity contribution in [2.75, 3.05) is 5.75 Å². The molecule has 0 saturated heterocycles. The van der Waals surface area contributed by atoms with Gasteiger partial charge in [-0.05, 0) is 18.2 Å². The Balaban J connectivity index is 1.81. The maximum Gasteiger partial charge on any atom is 0.173 e. The van der Waals surface area contributed by atoms with Gasteiger partial charge in [-0.3, -0.25) is 9.78 Å². The van der Waals surface area contributed by atoms with Crippen molar-refractivity contribution in [2.45, 2.75) is 4.90 Å². The standard InChI is InChI=1S/C17H12ClNOS/c18-13-6-7-14-15(10-13)19-9-8-17(14)21-11-16(20)12-4-2-1-3-5-12/h1-10H,11H2. The average Bonchev–Trinajstić information content (AvgIpc) is 2.53. The summed E-state index contributed by atoms with van der Waals surface area (Å²) in [5.74, 6) is 0.533. The zero-order valence-corrected chi connectivity index (χ0v) is 12.7. The van der Waals surface area contributed by atoms with Gasteiger partial charge in [0.15, 0.2) is 5.78 Å². The Hall–Kier alpha value is -1.84. The van der Waals surface area contributed by atoms with Crippen molar-refractivity contribution in [1.29, 1.82) is 0 Å². The molecular weight excluding hydrogens is 302 g/mol. The first kappa shape index (κ1) is 14.1. The van der Waals surface area contributed by atoms with Crippen LogP contribution in [0.1, 0.15) is 10.4 Å². The Bertz CT molecular complexity index is 789. The lowest BCUT2D eigenvalue weighted by Gasteiger charge is -2.06. The van der Waals surface area contributed by atoms with Crippen molar-refractivity contribution in [3.8, 4) is 0 Å². The molecule has 0 aliphatic rings. The number of rotatable bonds is 4. The molecule has 4 heteroatoms. The molecule has 0 N–H and O–H groups in total. The second-order valence-electron chi connectivity index (χ2n) is 4.55. The summed E-state index contributed by atoms with van der Waals surface area (Å²) in [4.78, 5) is 17.5. The number of ketones is 1. The van der Waals surface area contributed by atoms with Gasteiger partial charge in [0.05, 0.1) is 11.3 Å². The Labute approximate surface area is 132 Å². The van der Waals surface area contributed by atoms with Crippen LogP contribution in [0.25, 0.3) is 10.9 Å². The first-order valence-corrected chi connectivity index (χ1v) is 7.86. The van der Waals surface area contributed by atoms with E-state index in [0.717, 1.165) is 21.4 Å². The molecule has 1 heterocycles. The van der Waals surface area contributed by atoms with Crippen LogP contribution < -0.4 is 0 Å². The highest BCUT2D eigenvalue weighted by Gasteiger charge is 2.08. The fraction of sp³-hybridized carbons (Fsp3) is 0.0588. The largest absolute Gasteiger partial charge is 0.293 e. The summed E-state index contributed by atoms with van der Waals surface area (Å²) in [6.45, 7) is 0. The van der Waals surface area contributed by atoms with E-state index in [4.69, 9.17) is 11.6 Å². The van der Waals surface area contributed by atoms with E-state index in [-0.39, 0.29) is 5.78 Å². The van der Waals surface area contributed by atoms with Crippen LogP contribution in [0.15, 0.2) is 65.7 Å². The van der Waals surface area contributed by atoms with Crippen LogP contribution in [0.2, 0.25) is 5.02 Å². The van der Waals surface area contributed by atoms with E-state index in [0.29, 0.717) is 10.8 Å². The van der Waals surface area contributed by atoms with Crippen molar-refractivity contribution >= 4 is 40.0 Å². The Morgan fingerprint density at radius 1 is 1.10 bits per heavy atom. The summed E-state index contributed by atoms with van der Waals surface area (Å²) in [5, 5.41) is 1.69. The third-order valence-corrected chi connectivity index (χ3v) is 4.43.